The Hall–Kier alpha value is -2.59. The molecule has 10 heteroatoms. The molecule has 30 heavy (non-hydrogen) atoms. The van der Waals surface area contributed by atoms with Crippen LogP contribution in [0.15, 0.2) is 57.2 Å². The lowest BCUT2D eigenvalue weighted by molar-refractivity contribution is 0.592. The highest BCUT2D eigenvalue weighted by atomic mass is 32.2. The van der Waals surface area contributed by atoms with Gasteiger partial charge in [0.2, 0.25) is 0 Å². The number of fused-ring (bicyclic) bond motifs is 1. The molecule has 0 radical (unpaired) electrons. The van der Waals surface area contributed by atoms with Crippen LogP contribution in [0.25, 0.3) is 0 Å². The summed E-state index contributed by atoms with van der Waals surface area (Å²) >= 11 is 0. The molecule has 0 amide bonds. The lowest BCUT2D eigenvalue weighted by atomic mass is 10.0. The topological polar surface area (TPSA) is 108 Å². The van der Waals surface area contributed by atoms with Crippen LogP contribution < -0.4 is 14.3 Å². The van der Waals surface area contributed by atoms with Crippen LogP contribution in [0.2, 0.25) is 0 Å². The molecule has 2 N–H and O–H groups in total. The number of amidine groups is 1. The second-order valence-corrected chi connectivity index (χ2v) is 10.8. The number of sulfonamides is 2. The SMILES string of the molecule is CN1CCCc2ccc(S(=O)(=O)Nc3ccc(S(=O)(=O)NC4=NCCC4)cc3)cc21. The lowest BCUT2D eigenvalue weighted by Gasteiger charge is -2.27. The summed E-state index contributed by atoms with van der Waals surface area (Å²) < 4.78 is 55.5. The first kappa shape index (κ1) is 20.7. The number of hydrogen-bond acceptors (Lipinski definition) is 6. The third-order valence-corrected chi connectivity index (χ3v) is 8.04. The lowest BCUT2D eigenvalue weighted by Crippen LogP contribution is -2.29. The fourth-order valence-electron chi connectivity index (χ4n) is 3.66. The highest BCUT2D eigenvalue weighted by molar-refractivity contribution is 7.92. The van der Waals surface area contributed by atoms with Crippen molar-refractivity contribution < 1.29 is 16.8 Å². The van der Waals surface area contributed by atoms with Crippen LogP contribution in [0.4, 0.5) is 11.4 Å². The molecule has 0 bridgehead atoms. The molecular formula is C20H24N4O4S2. The number of nitrogens with one attached hydrogen (secondary N) is 2. The quantitative estimate of drug-likeness (QED) is 0.730. The van der Waals surface area contributed by atoms with Gasteiger partial charge in [-0.25, -0.2) is 16.8 Å². The van der Waals surface area contributed by atoms with Gasteiger partial charge in [-0.1, -0.05) is 6.07 Å². The van der Waals surface area contributed by atoms with E-state index in [1.807, 2.05) is 13.1 Å². The Kier molecular flexibility index (Phi) is 5.46. The summed E-state index contributed by atoms with van der Waals surface area (Å²) in [4.78, 5) is 6.39. The van der Waals surface area contributed by atoms with E-state index in [4.69, 9.17) is 0 Å². The van der Waals surface area contributed by atoms with Crippen molar-refractivity contribution in [1.82, 2.24) is 4.72 Å². The molecule has 160 valence electrons. The van der Waals surface area contributed by atoms with E-state index in [0.29, 0.717) is 24.5 Å². The first-order valence-corrected chi connectivity index (χ1v) is 12.7. The molecule has 0 spiro atoms. The standard InChI is InChI=1S/C20H24N4O4S2/c1-24-13-3-4-15-6-9-18(14-19(15)24)30(27,28)22-16-7-10-17(11-8-16)29(25,26)23-20-5-2-12-21-20/h6-11,14,22H,2-5,12-13H2,1H3,(H,21,23). The van der Waals surface area contributed by atoms with Crippen molar-refractivity contribution in [3.63, 3.8) is 0 Å². The van der Waals surface area contributed by atoms with Crippen molar-refractivity contribution >= 4 is 37.3 Å². The molecule has 0 saturated heterocycles. The highest BCUT2D eigenvalue weighted by Gasteiger charge is 2.21. The average Bonchev–Trinajstić information content (AvgIpc) is 3.20. The molecule has 8 nitrogen and oxygen atoms in total. The van der Waals surface area contributed by atoms with Gasteiger partial charge in [0, 0.05) is 37.9 Å². The molecule has 4 rings (SSSR count). The van der Waals surface area contributed by atoms with Crippen molar-refractivity contribution in [2.75, 3.05) is 29.8 Å². The van der Waals surface area contributed by atoms with Gasteiger partial charge >= 0.3 is 0 Å². The van der Waals surface area contributed by atoms with E-state index in [1.54, 1.807) is 12.1 Å². The van der Waals surface area contributed by atoms with Crippen LogP contribution in [-0.4, -0.2) is 42.8 Å². The zero-order valence-corrected chi connectivity index (χ0v) is 18.3. The van der Waals surface area contributed by atoms with E-state index in [1.165, 1.54) is 24.3 Å². The summed E-state index contributed by atoms with van der Waals surface area (Å²) in [6, 6.07) is 10.8. The van der Waals surface area contributed by atoms with E-state index < -0.39 is 20.0 Å². The normalized spacial score (nSPS) is 16.7. The van der Waals surface area contributed by atoms with Crippen LogP contribution >= 0.6 is 0 Å². The Morgan fingerprint density at radius 2 is 1.57 bits per heavy atom. The molecule has 2 heterocycles. The molecular weight excluding hydrogens is 424 g/mol. The van der Waals surface area contributed by atoms with Gasteiger partial charge in [0.15, 0.2) is 0 Å². The van der Waals surface area contributed by atoms with E-state index >= 15 is 0 Å². The summed E-state index contributed by atoms with van der Waals surface area (Å²) in [6.07, 6.45) is 3.42. The minimum atomic E-state index is -3.80. The number of rotatable bonds is 5. The molecule has 0 saturated carbocycles. The van der Waals surface area contributed by atoms with Crippen molar-refractivity contribution in [3.8, 4) is 0 Å². The minimum absolute atomic E-state index is 0.0513. The van der Waals surface area contributed by atoms with Crippen LogP contribution in [-0.2, 0) is 26.5 Å². The second-order valence-electron chi connectivity index (χ2n) is 7.48. The maximum Gasteiger partial charge on any atom is 0.262 e. The van der Waals surface area contributed by atoms with E-state index in [9.17, 15) is 16.8 Å². The van der Waals surface area contributed by atoms with E-state index in [-0.39, 0.29) is 9.79 Å². The number of nitrogens with zero attached hydrogens (tertiary/aromatic N) is 2. The fourth-order valence-corrected chi connectivity index (χ4v) is 5.83. The molecule has 2 aromatic carbocycles. The van der Waals surface area contributed by atoms with Crippen molar-refractivity contribution in [1.29, 1.82) is 0 Å². The smallest absolute Gasteiger partial charge is 0.262 e. The van der Waals surface area contributed by atoms with Crippen LogP contribution in [0.1, 0.15) is 24.8 Å². The van der Waals surface area contributed by atoms with E-state index in [2.05, 4.69) is 19.3 Å². The largest absolute Gasteiger partial charge is 0.374 e. The predicted molar refractivity (Wildman–Crippen MR) is 117 cm³/mol. The monoisotopic (exact) mass is 448 g/mol. The third kappa shape index (κ3) is 4.29. The Bertz CT molecular complexity index is 1190. The minimum Gasteiger partial charge on any atom is -0.374 e. The molecule has 0 unspecified atom stereocenters. The Balaban J connectivity index is 1.52. The summed E-state index contributed by atoms with van der Waals surface area (Å²) in [5.41, 5.74) is 2.35. The third-order valence-electron chi connectivity index (χ3n) is 5.26. The molecule has 0 aliphatic carbocycles. The highest BCUT2D eigenvalue weighted by Crippen LogP contribution is 2.29. The Morgan fingerprint density at radius 3 is 2.27 bits per heavy atom. The van der Waals surface area contributed by atoms with Crippen molar-refractivity contribution in [3.05, 3.63) is 48.0 Å². The van der Waals surface area contributed by atoms with Gasteiger partial charge in [0.1, 0.15) is 5.84 Å². The second kappa shape index (κ2) is 7.92. The van der Waals surface area contributed by atoms with Gasteiger partial charge in [0.05, 0.1) is 9.79 Å². The van der Waals surface area contributed by atoms with Gasteiger partial charge in [0.25, 0.3) is 20.0 Å². The molecule has 0 aromatic heterocycles. The first-order chi connectivity index (χ1) is 14.2. The predicted octanol–water partition coefficient (Wildman–Crippen LogP) is 2.34. The Labute approximate surface area is 177 Å². The van der Waals surface area contributed by atoms with Gasteiger partial charge in [-0.05, 0) is 61.2 Å². The molecule has 2 aliphatic heterocycles. The zero-order valence-electron chi connectivity index (χ0n) is 16.6. The Morgan fingerprint density at radius 1 is 0.867 bits per heavy atom. The van der Waals surface area contributed by atoms with Gasteiger partial charge < -0.3 is 4.90 Å². The average molecular weight is 449 g/mol. The number of benzene rings is 2. The first-order valence-electron chi connectivity index (χ1n) is 9.78. The zero-order chi connectivity index (χ0) is 21.4. The number of aliphatic imine (C=N–C) groups is 1. The fraction of sp³-hybridized carbons (Fsp3) is 0.350. The van der Waals surface area contributed by atoms with Gasteiger partial charge in [-0.3, -0.25) is 14.4 Å². The maximum absolute atomic E-state index is 12.8. The molecule has 0 atom stereocenters. The van der Waals surface area contributed by atoms with Crippen molar-refractivity contribution in [2.24, 2.45) is 4.99 Å². The van der Waals surface area contributed by atoms with Crippen molar-refractivity contribution in [2.45, 2.75) is 35.5 Å². The molecule has 2 aliphatic rings. The summed E-state index contributed by atoms with van der Waals surface area (Å²) in [5.74, 6) is 0.456. The van der Waals surface area contributed by atoms with E-state index in [0.717, 1.165) is 37.1 Å². The summed E-state index contributed by atoms with van der Waals surface area (Å²) in [7, 11) is -5.58. The van der Waals surface area contributed by atoms with Gasteiger partial charge in [-0.15, -0.1) is 0 Å². The van der Waals surface area contributed by atoms with Crippen LogP contribution in [0.3, 0.4) is 0 Å². The number of hydrogen-bond donors (Lipinski definition) is 2. The van der Waals surface area contributed by atoms with Crippen LogP contribution in [0.5, 0.6) is 0 Å². The van der Waals surface area contributed by atoms with Gasteiger partial charge in [-0.2, -0.15) is 0 Å². The molecule has 2 aromatic rings. The summed E-state index contributed by atoms with van der Waals surface area (Å²) in [6.45, 7) is 1.51. The summed E-state index contributed by atoms with van der Waals surface area (Å²) in [5, 5.41) is 0. The number of anilines is 2. The number of aryl methyl sites for hydroxylation is 1. The van der Waals surface area contributed by atoms with Crippen LogP contribution in [0, 0.1) is 0 Å². The maximum atomic E-state index is 12.8. The molecule has 0 fully saturated rings.